The standard InChI is InChI=1S/C25H26N6O3/c26-23(33)18-12-14-29(15-13-18)22(32)11-10-21-27-28-25-30(16-17-6-2-1-3-7-17)24(34)19-8-4-5-9-20(19)31(21)25/h1-9,18H,10-16H2,(H2,26,33). The second-order valence-corrected chi connectivity index (χ2v) is 8.70. The lowest BCUT2D eigenvalue weighted by Crippen LogP contribution is -2.41. The van der Waals surface area contributed by atoms with Crippen molar-refractivity contribution >= 4 is 28.5 Å². The zero-order valence-electron chi connectivity index (χ0n) is 18.8. The Morgan fingerprint density at radius 3 is 2.41 bits per heavy atom. The molecule has 0 radical (unpaired) electrons. The summed E-state index contributed by atoms with van der Waals surface area (Å²) in [5, 5.41) is 9.28. The SMILES string of the molecule is NC(=O)C1CCN(C(=O)CCc2nnc3n(Cc4ccccc4)c(=O)c4ccccc4n23)CC1. The highest BCUT2D eigenvalue weighted by Crippen LogP contribution is 2.19. The molecule has 1 saturated heterocycles. The van der Waals surface area contributed by atoms with Crippen LogP contribution in [-0.4, -0.2) is 49.0 Å². The van der Waals surface area contributed by atoms with Gasteiger partial charge < -0.3 is 10.6 Å². The highest BCUT2D eigenvalue weighted by Gasteiger charge is 2.26. The highest BCUT2D eigenvalue weighted by atomic mass is 16.2. The molecule has 2 aromatic carbocycles. The monoisotopic (exact) mass is 458 g/mol. The molecule has 2 amide bonds. The summed E-state index contributed by atoms with van der Waals surface area (Å²) in [6.07, 6.45) is 1.87. The van der Waals surface area contributed by atoms with Crippen molar-refractivity contribution in [2.75, 3.05) is 13.1 Å². The topological polar surface area (TPSA) is 116 Å². The van der Waals surface area contributed by atoms with Crippen LogP contribution < -0.4 is 11.3 Å². The fourth-order valence-electron chi connectivity index (χ4n) is 4.68. The van der Waals surface area contributed by atoms with Crippen molar-refractivity contribution < 1.29 is 9.59 Å². The molecule has 2 aromatic heterocycles. The molecule has 3 heterocycles. The van der Waals surface area contributed by atoms with Crippen LogP contribution in [0.2, 0.25) is 0 Å². The molecule has 0 bridgehead atoms. The molecule has 0 unspecified atom stereocenters. The van der Waals surface area contributed by atoms with Gasteiger partial charge in [-0.05, 0) is 30.5 Å². The van der Waals surface area contributed by atoms with Gasteiger partial charge in [-0.25, -0.2) is 0 Å². The molecule has 0 spiro atoms. The fraction of sp³-hybridized carbons (Fsp3) is 0.320. The molecule has 1 fully saturated rings. The Morgan fingerprint density at radius 2 is 1.68 bits per heavy atom. The summed E-state index contributed by atoms with van der Waals surface area (Å²) in [6, 6.07) is 17.1. The molecular weight excluding hydrogens is 432 g/mol. The third kappa shape index (κ3) is 4.05. The number of fused-ring (bicyclic) bond motifs is 3. The number of benzene rings is 2. The Morgan fingerprint density at radius 1 is 0.971 bits per heavy atom. The summed E-state index contributed by atoms with van der Waals surface area (Å²) in [6.45, 7) is 1.44. The van der Waals surface area contributed by atoms with Crippen molar-refractivity contribution in [1.82, 2.24) is 24.1 Å². The first kappa shape index (κ1) is 21.8. The number of nitrogens with zero attached hydrogens (tertiary/aromatic N) is 5. The van der Waals surface area contributed by atoms with Crippen LogP contribution in [0.15, 0.2) is 59.4 Å². The Bertz CT molecular complexity index is 1420. The lowest BCUT2D eigenvalue weighted by atomic mass is 9.96. The van der Waals surface area contributed by atoms with Gasteiger partial charge in [-0.3, -0.25) is 23.4 Å². The summed E-state index contributed by atoms with van der Waals surface area (Å²) in [5.41, 5.74) is 6.98. The van der Waals surface area contributed by atoms with E-state index in [1.807, 2.05) is 52.9 Å². The summed E-state index contributed by atoms with van der Waals surface area (Å²) < 4.78 is 3.51. The molecule has 174 valence electrons. The van der Waals surface area contributed by atoms with E-state index in [-0.39, 0.29) is 29.7 Å². The van der Waals surface area contributed by atoms with Gasteiger partial charge in [0.25, 0.3) is 5.56 Å². The predicted octanol–water partition coefficient (Wildman–Crippen LogP) is 1.75. The van der Waals surface area contributed by atoms with Crippen LogP contribution >= 0.6 is 0 Å². The molecule has 34 heavy (non-hydrogen) atoms. The molecule has 9 nitrogen and oxygen atoms in total. The Hall–Kier alpha value is -4.01. The molecular formula is C25H26N6O3. The van der Waals surface area contributed by atoms with Crippen LogP contribution in [0.4, 0.5) is 0 Å². The first-order valence-electron chi connectivity index (χ1n) is 11.5. The normalized spacial score (nSPS) is 14.6. The van der Waals surface area contributed by atoms with E-state index in [4.69, 9.17) is 5.73 Å². The first-order valence-corrected chi connectivity index (χ1v) is 11.5. The third-order valence-electron chi connectivity index (χ3n) is 6.57. The average Bonchev–Trinajstić information content (AvgIpc) is 3.30. The van der Waals surface area contributed by atoms with Crippen LogP contribution in [0, 0.1) is 5.92 Å². The molecule has 5 rings (SSSR count). The van der Waals surface area contributed by atoms with Crippen molar-refractivity contribution in [2.24, 2.45) is 11.7 Å². The number of carbonyl (C=O) groups is 2. The van der Waals surface area contributed by atoms with E-state index in [0.29, 0.717) is 55.9 Å². The van der Waals surface area contributed by atoms with E-state index < -0.39 is 0 Å². The number of hydrogen-bond donors (Lipinski definition) is 1. The van der Waals surface area contributed by atoms with Crippen LogP contribution in [0.1, 0.15) is 30.7 Å². The van der Waals surface area contributed by atoms with Gasteiger partial charge >= 0.3 is 0 Å². The summed E-state index contributed by atoms with van der Waals surface area (Å²) in [7, 11) is 0. The van der Waals surface area contributed by atoms with Crippen molar-refractivity contribution in [3.8, 4) is 0 Å². The predicted molar refractivity (Wildman–Crippen MR) is 127 cm³/mol. The maximum atomic E-state index is 13.3. The van der Waals surface area contributed by atoms with Crippen molar-refractivity contribution in [3.05, 3.63) is 76.3 Å². The Kier molecular flexibility index (Phi) is 5.83. The van der Waals surface area contributed by atoms with Crippen LogP contribution in [0.25, 0.3) is 16.7 Å². The van der Waals surface area contributed by atoms with Crippen molar-refractivity contribution in [1.29, 1.82) is 0 Å². The number of amides is 2. The number of piperidine rings is 1. The first-order chi connectivity index (χ1) is 16.5. The average molecular weight is 459 g/mol. The Labute approximate surface area is 195 Å². The van der Waals surface area contributed by atoms with E-state index >= 15 is 0 Å². The third-order valence-corrected chi connectivity index (χ3v) is 6.57. The highest BCUT2D eigenvalue weighted by molar-refractivity contribution is 5.81. The minimum absolute atomic E-state index is 0.0154. The minimum Gasteiger partial charge on any atom is -0.369 e. The summed E-state index contributed by atoms with van der Waals surface area (Å²) in [4.78, 5) is 39.3. The number of primary amides is 1. The quantitative estimate of drug-likeness (QED) is 0.473. The van der Waals surface area contributed by atoms with Gasteiger partial charge in [0.05, 0.1) is 17.4 Å². The van der Waals surface area contributed by atoms with E-state index in [2.05, 4.69) is 10.2 Å². The van der Waals surface area contributed by atoms with Gasteiger partial charge in [-0.2, -0.15) is 0 Å². The second kappa shape index (κ2) is 9.09. The molecule has 0 saturated carbocycles. The lowest BCUT2D eigenvalue weighted by Gasteiger charge is -2.30. The number of rotatable bonds is 6. The molecule has 4 aromatic rings. The maximum absolute atomic E-state index is 13.3. The molecule has 1 aliphatic heterocycles. The smallest absolute Gasteiger partial charge is 0.263 e. The number of likely N-dealkylation sites (tertiary alicyclic amines) is 1. The number of carbonyl (C=O) groups excluding carboxylic acids is 2. The van der Waals surface area contributed by atoms with Gasteiger partial charge in [0.1, 0.15) is 5.82 Å². The van der Waals surface area contributed by atoms with E-state index in [0.717, 1.165) is 11.1 Å². The number of nitrogens with two attached hydrogens (primary N) is 1. The molecule has 2 N–H and O–H groups in total. The van der Waals surface area contributed by atoms with Crippen LogP contribution in [0.3, 0.4) is 0 Å². The van der Waals surface area contributed by atoms with E-state index in [9.17, 15) is 14.4 Å². The van der Waals surface area contributed by atoms with Gasteiger partial charge in [-0.1, -0.05) is 42.5 Å². The molecule has 0 aliphatic carbocycles. The maximum Gasteiger partial charge on any atom is 0.263 e. The van der Waals surface area contributed by atoms with E-state index in [1.165, 1.54) is 0 Å². The second-order valence-electron chi connectivity index (χ2n) is 8.70. The van der Waals surface area contributed by atoms with Gasteiger partial charge in [0.2, 0.25) is 17.6 Å². The van der Waals surface area contributed by atoms with Crippen LogP contribution in [-0.2, 0) is 22.6 Å². The lowest BCUT2D eigenvalue weighted by molar-refractivity contribution is -0.134. The van der Waals surface area contributed by atoms with Gasteiger partial charge in [0.15, 0.2) is 0 Å². The number of aromatic nitrogens is 4. The zero-order chi connectivity index (χ0) is 23.7. The van der Waals surface area contributed by atoms with Crippen LogP contribution in [0.5, 0.6) is 0 Å². The summed E-state index contributed by atoms with van der Waals surface area (Å²) in [5.74, 6) is 0.653. The zero-order valence-corrected chi connectivity index (χ0v) is 18.8. The Balaban J connectivity index is 1.44. The van der Waals surface area contributed by atoms with Crippen molar-refractivity contribution in [3.63, 3.8) is 0 Å². The largest absolute Gasteiger partial charge is 0.369 e. The number of para-hydroxylation sites is 1. The molecule has 9 heteroatoms. The minimum atomic E-state index is -0.296. The molecule has 0 atom stereocenters. The summed E-state index contributed by atoms with van der Waals surface area (Å²) >= 11 is 0. The number of aryl methyl sites for hydroxylation is 1. The number of hydrogen-bond acceptors (Lipinski definition) is 5. The fourth-order valence-corrected chi connectivity index (χ4v) is 4.68. The van der Waals surface area contributed by atoms with E-state index in [1.54, 1.807) is 15.5 Å². The van der Waals surface area contributed by atoms with Gasteiger partial charge in [-0.15, -0.1) is 10.2 Å². The van der Waals surface area contributed by atoms with Gasteiger partial charge in [0, 0.05) is 31.8 Å². The van der Waals surface area contributed by atoms with Crippen molar-refractivity contribution in [2.45, 2.75) is 32.2 Å². The molecule has 1 aliphatic rings.